The molecule has 0 aromatic heterocycles. The van der Waals surface area contributed by atoms with E-state index in [1.54, 1.807) is 0 Å². The van der Waals surface area contributed by atoms with Crippen LogP contribution in [0.5, 0.6) is 0 Å². The summed E-state index contributed by atoms with van der Waals surface area (Å²) in [5.74, 6) is 1.58. The van der Waals surface area contributed by atoms with Gasteiger partial charge in [0.25, 0.3) is 0 Å². The molecule has 0 saturated carbocycles. The molecular formula is C33H43NO2. The van der Waals surface area contributed by atoms with Gasteiger partial charge in [-0.3, -0.25) is 0 Å². The summed E-state index contributed by atoms with van der Waals surface area (Å²) in [6, 6.07) is 19.7. The summed E-state index contributed by atoms with van der Waals surface area (Å²) in [7, 11) is 0. The van der Waals surface area contributed by atoms with Gasteiger partial charge in [-0.25, -0.2) is 0 Å². The summed E-state index contributed by atoms with van der Waals surface area (Å²) in [6.07, 6.45) is 11.9. The van der Waals surface area contributed by atoms with Crippen molar-refractivity contribution in [3.8, 4) is 0 Å². The number of allylic oxidation sites excluding steroid dienone is 3. The number of hydrogen-bond acceptors (Lipinski definition) is 3. The maximum atomic E-state index is 6.57. The van der Waals surface area contributed by atoms with Gasteiger partial charge in [-0.05, 0) is 60.1 Å². The van der Waals surface area contributed by atoms with E-state index < -0.39 is 5.79 Å². The second kappa shape index (κ2) is 11.5. The molecular weight excluding hydrogens is 442 g/mol. The number of nitrogens with zero attached hydrogens (tertiary/aromatic N) is 1. The lowest BCUT2D eigenvalue weighted by Gasteiger charge is -2.41. The highest BCUT2D eigenvalue weighted by Crippen LogP contribution is 2.36. The van der Waals surface area contributed by atoms with E-state index in [-0.39, 0.29) is 12.1 Å². The van der Waals surface area contributed by atoms with E-state index in [2.05, 4.69) is 125 Å². The molecule has 0 fully saturated rings. The minimum Gasteiger partial charge on any atom is -0.467 e. The highest BCUT2D eigenvalue weighted by Gasteiger charge is 2.36. The number of rotatable bonds is 9. The van der Waals surface area contributed by atoms with E-state index in [9.17, 15) is 0 Å². The van der Waals surface area contributed by atoms with Gasteiger partial charge < -0.3 is 14.4 Å². The topological polar surface area (TPSA) is 21.7 Å². The Balaban J connectivity index is 1.53. The molecule has 0 N–H and O–H groups in total. The molecule has 3 nitrogen and oxygen atoms in total. The van der Waals surface area contributed by atoms with Crippen molar-refractivity contribution in [2.45, 2.75) is 78.7 Å². The molecule has 0 radical (unpaired) electrons. The van der Waals surface area contributed by atoms with Gasteiger partial charge in [-0.15, -0.1) is 0 Å². The van der Waals surface area contributed by atoms with Crippen LogP contribution in [0, 0.1) is 18.8 Å². The zero-order valence-electron chi connectivity index (χ0n) is 22.9. The smallest absolute Gasteiger partial charge is 0.209 e. The van der Waals surface area contributed by atoms with Crippen LogP contribution in [0.3, 0.4) is 0 Å². The number of hydrogen-bond donors (Lipinski definition) is 0. The van der Waals surface area contributed by atoms with Crippen molar-refractivity contribution in [3.63, 3.8) is 0 Å². The Bertz CT molecular complexity index is 1080. The SMILES string of the molecule is Cc1ccc(C2=CC(c3ccccc3)N(CC[C@]3(C)OC(CC(C)C)=CC(CC(C)C)O3)C=C2)cc1. The minimum atomic E-state index is -0.630. The highest BCUT2D eigenvalue weighted by molar-refractivity contribution is 5.75. The lowest BCUT2D eigenvalue weighted by atomic mass is 9.95. The van der Waals surface area contributed by atoms with Gasteiger partial charge in [0.05, 0.1) is 17.9 Å². The summed E-state index contributed by atoms with van der Waals surface area (Å²) in [6.45, 7) is 14.1. The molecule has 0 bridgehead atoms. The first-order valence-electron chi connectivity index (χ1n) is 13.6. The average molecular weight is 486 g/mol. The van der Waals surface area contributed by atoms with Crippen molar-refractivity contribution in [2.75, 3.05) is 6.54 Å². The molecule has 4 rings (SSSR count). The summed E-state index contributed by atoms with van der Waals surface area (Å²) >= 11 is 0. The molecule has 3 heteroatoms. The van der Waals surface area contributed by atoms with Crippen molar-refractivity contribution in [2.24, 2.45) is 11.8 Å². The fourth-order valence-electron chi connectivity index (χ4n) is 5.11. The van der Waals surface area contributed by atoms with E-state index >= 15 is 0 Å². The molecule has 2 aromatic rings. The summed E-state index contributed by atoms with van der Waals surface area (Å²) in [4.78, 5) is 2.42. The van der Waals surface area contributed by atoms with Gasteiger partial charge in [0.15, 0.2) is 0 Å². The fourth-order valence-corrected chi connectivity index (χ4v) is 5.11. The zero-order valence-corrected chi connectivity index (χ0v) is 22.9. The van der Waals surface area contributed by atoms with Crippen molar-refractivity contribution in [1.82, 2.24) is 4.90 Å². The van der Waals surface area contributed by atoms with Gasteiger partial charge in [0.2, 0.25) is 5.79 Å². The Kier molecular flexibility index (Phi) is 8.41. The molecule has 2 aliphatic heterocycles. The fraction of sp³-hybridized carbons (Fsp3) is 0.455. The van der Waals surface area contributed by atoms with Crippen LogP contribution in [0.2, 0.25) is 0 Å². The Labute approximate surface area is 218 Å². The molecule has 0 spiro atoms. The first-order valence-corrected chi connectivity index (χ1v) is 13.6. The minimum absolute atomic E-state index is 0.104. The zero-order chi connectivity index (χ0) is 25.7. The Morgan fingerprint density at radius 3 is 2.31 bits per heavy atom. The van der Waals surface area contributed by atoms with Crippen molar-refractivity contribution < 1.29 is 9.47 Å². The van der Waals surface area contributed by atoms with Crippen molar-refractivity contribution in [1.29, 1.82) is 0 Å². The maximum Gasteiger partial charge on any atom is 0.209 e. The predicted molar refractivity (Wildman–Crippen MR) is 150 cm³/mol. The van der Waals surface area contributed by atoms with E-state index in [4.69, 9.17) is 9.47 Å². The Morgan fingerprint density at radius 1 is 0.917 bits per heavy atom. The summed E-state index contributed by atoms with van der Waals surface area (Å²) in [5.41, 5.74) is 5.09. The molecule has 0 amide bonds. The lowest BCUT2D eigenvalue weighted by molar-refractivity contribution is -0.243. The second-order valence-electron chi connectivity index (χ2n) is 11.4. The van der Waals surface area contributed by atoms with E-state index in [1.807, 2.05) is 0 Å². The normalized spacial score (nSPS) is 24.1. The van der Waals surface area contributed by atoms with Crippen LogP contribution >= 0.6 is 0 Å². The molecule has 3 atom stereocenters. The molecule has 2 aliphatic rings. The quantitative estimate of drug-likeness (QED) is 0.356. The van der Waals surface area contributed by atoms with Crippen LogP contribution in [-0.2, 0) is 9.47 Å². The van der Waals surface area contributed by atoms with Gasteiger partial charge in [-0.2, -0.15) is 0 Å². The largest absolute Gasteiger partial charge is 0.467 e. The third kappa shape index (κ3) is 6.91. The molecule has 0 saturated heterocycles. The van der Waals surface area contributed by atoms with Crippen LogP contribution in [0.1, 0.15) is 76.6 Å². The second-order valence-corrected chi connectivity index (χ2v) is 11.4. The predicted octanol–water partition coefficient (Wildman–Crippen LogP) is 8.45. The van der Waals surface area contributed by atoms with Crippen molar-refractivity contribution >= 4 is 5.57 Å². The first kappa shape index (κ1) is 26.3. The maximum absolute atomic E-state index is 6.57. The van der Waals surface area contributed by atoms with Crippen LogP contribution in [0.25, 0.3) is 5.57 Å². The van der Waals surface area contributed by atoms with Gasteiger partial charge in [-0.1, -0.05) is 87.9 Å². The monoisotopic (exact) mass is 485 g/mol. The van der Waals surface area contributed by atoms with Crippen molar-refractivity contribution in [3.05, 3.63) is 101 Å². The number of aryl methyl sites for hydroxylation is 1. The first-order chi connectivity index (χ1) is 17.2. The van der Waals surface area contributed by atoms with E-state index in [1.165, 1.54) is 22.3 Å². The molecule has 36 heavy (non-hydrogen) atoms. The molecule has 192 valence electrons. The van der Waals surface area contributed by atoms with Gasteiger partial charge in [0.1, 0.15) is 0 Å². The van der Waals surface area contributed by atoms with Crippen LogP contribution in [-0.4, -0.2) is 23.3 Å². The number of benzene rings is 2. The van der Waals surface area contributed by atoms with Gasteiger partial charge in [0, 0.05) is 32.5 Å². The third-order valence-corrected chi connectivity index (χ3v) is 6.92. The highest BCUT2D eigenvalue weighted by atomic mass is 16.7. The summed E-state index contributed by atoms with van der Waals surface area (Å²) < 4.78 is 13.1. The van der Waals surface area contributed by atoms with E-state index in [0.29, 0.717) is 11.8 Å². The molecule has 2 aromatic carbocycles. The molecule has 2 heterocycles. The Morgan fingerprint density at radius 2 is 1.64 bits per heavy atom. The van der Waals surface area contributed by atoms with Crippen LogP contribution in [0.4, 0.5) is 0 Å². The van der Waals surface area contributed by atoms with Crippen LogP contribution in [0.15, 0.2) is 84.8 Å². The standard InChI is InChI=1S/C33H43NO2/c1-24(2)20-30-23-31(21-25(3)4)36-33(6,35-30)17-19-34-18-16-29(27-14-12-26(5)13-15-27)22-32(34)28-10-8-7-9-11-28/h7-16,18,22-25,30,32H,17,19-21H2,1-6H3/t30?,32?,33-/m0/s1. The molecule has 0 aliphatic carbocycles. The summed E-state index contributed by atoms with van der Waals surface area (Å²) in [5, 5.41) is 0. The number of ether oxygens (including phenoxy) is 2. The van der Waals surface area contributed by atoms with Gasteiger partial charge >= 0.3 is 0 Å². The van der Waals surface area contributed by atoms with Crippen LogP contribution < -0.4 is 0 Å². The Hall–Kier alpha value is -2.78. The molecule has 2 unspecified atom stereocenters. The van der Waals surface area contributed by atoms with E-state index in [0.717, 1.165) is 31.6 Å². The third-order valence-electron chi connectivity index (χ3n) is 6.92. The lowest BCUT2D eigenvalue weighted by Crippen LogP contribution is -2.43. The average Bonchev–Trinajstić information content (AvgIpc) is 2.82.